The Morgan fingerprint density at radius 2 is 2.00 bits per heavy atom. The van der Waals surface area contributed by atoms with Crippen molar-refractivity contribution in [2.75, 3.05) is 39.8 Å². The lowest BCUT2D eigenvalue weighted by molar-refractivity contribution is 0.103. The Morgan fingerprint density at radius 3 is 2.67 bits per heavy atom. The number of nitrogens with zero attached hydrogens (tertiary/aromatic N) is 4. The molecule has 0 amide bonds. The number of hydrogen-bond acceptors (Lipinski definition) is 4. The zero-order chi connectivity index (χ0) is 16.9. The van der Waals surface area contributed by atoms with Gasteiger partial charge in [-0.25, -0.2) is 0 Å². The molecule has 5 nitrogen and oxygen atoms in total. The molecule has 24 heavy (non-hydrogen) atoms. The first kappa shape index (κ1) is 17.0. The monoisotopic (exact) mass is 328 g/mol. The third-order valence-electron chi connectivity index (χ3n) is 5.01. The van der Waals surface area contributed by atoms with Crippen molar-refractivity contribution in [3.05, 3.63) is 47.8 Å². The number of rotatable bonds is 6. The van der Waals surface area contributed by atoms with E-state index >= 15 is 0 Å². The summed E-state index contributed by atoms with van der Waals surface area (Å²) in [5, 5.41) is 4.24. The maximum Gasteiger partial charge on any atom is 0.119 e. The average molecular weight is 328 g/mol. The molecule has 1 aliphatic rings. The number of aromatic nitrogens is 2. The molecule has 0 bridgehead atoms. The van der Waals surface area contributed by atoms with Gasteiger partial charge >= 0.3 is 0 Å². The van der Waals surface area contributed by atoms with Gasteiger partial charge in [0.05, 0.1) is 13.3 Å². The molecule has 1 aromatic heterocycles. The smallest absolute Gasteiger partial charge is 0.119 e. The van der Waals surface area contributed by atoms with Crippen LogP contribution in [-0.2, 0) is 13.5 Å². The number of hydrogen-bond donors (Lipinski definition) is 0. The highest BCUT2D eigenvalue weighted by Crippen LogP contribution is 2.24. The molecule has 0 saturated carbocycles. The van der Waals surface area contributed by atoms with Crippen molar-refractivity contribution < 1.29 is 4.74 Å². The highest BCUT2D eigenvalue weighted by molar-refractivity contribution is 5.30. The molecular formula is C19H28N4O. The maximum absolute atomic E-state index is 5.35. The van der Waals surface area contributed by atoms with Crippen LogP contribution in [0.4, 0.5) is 0 Å². The van der Waals surface area contributed by atoms with Gasteiger partial charge in [-0.05, 0) is 36.6 Å². The minimum atomic E-state index is 0.431. The van der Waals surface area contributed by atoms with E-state index in [0.717, 1.165) is 44.9 Å². The highest BCUT2D eigenvalue weighted by atomic mass is 16.5. The fourth-order valence-corrected chi connectivity index (χ4v) is 3.37. The van der Waals surface area contributed by atoms with Crippen molar-refractivity contribution in [3.8, 4) is 5.75 Å². The van der Waals surface area contributed by atoms with Gasteiger partial charge in [0.25, 0.3) is 0 Å². The number of benzene rings is 1. The van der Waals surface area contributed by atoms with Crippen molar-refractivity contribution in [2.45, 2.75) is 19.4 Å². The number of methoxy groups -OCH3 is 1. The number of piperazine rings is 1. The molecule has 130 valence electrons. The van der Waals surface area contributed by atoms with Crippen LogP contribution in [0.3, 0.4) is 0 Å². The molecule has 3 rings (SSSR count). The van der Waals surface area contributed by atoms with Gasteiger partial charge in [0.15, 0.2) is 0 Å². The largest absolute Gasteiger partial charge is 0.497 e. The van der Waals surface area contributed by atoms with Crippen molar-refractivity contribution in [3.63, 3.8) is 0 Å². The molecule has 2 heterocycles. The summed E-state index contributed by atoms with van der Waals surface area (Å²) in [5.41, 5.74) is 2.66. The summed E-state index contributed by atoms with van der Waals surface area (Å²) in [6, 6.07) is 8.86. The predicted molar refractivity (Wildman–Crippen MR) is 96.3 cm³/mol. The fraction of sp³-hybridized carbons (Fsp3) is 0.526. The third-order valence-corrected chi connectivity index (χ3v) is 5.01. The first-order valence-corrected chi connectivity index (χ1v) is 8.73. The summed E-state index contributed by atoms with van der Waals surface area (Å²) in [5.74, 6) is 0.939. The van der Waals surface area contributed by atoms with Crippen LogP contribution in [0.25, 0.3) is 0 Å². The van der Waals surface area contributed by atoms with Crippen LogP contribution in [0.1, 0.15) is 24.1 Å². The van der Waals surface area contributed by atoms with E-state index in [0.29, 0.717) is 6.04 Å². The van der Waals surface area contributed by atoms with Gasteiger partial charge in [0.2, 0.25) is 0 Å². The quantitative estimate of drug-likeness (QED) is 0.815. The van der Waals surface area contributed by atoms with Crippen LogP contribution >= 0.6 is 0 Å². The fourth-order valence-electron chi connectivity index (χ4n) is 3.37. The van der Waals surface area contributed by atoms with E-state index < -0.39 is 0 Å². The van der Waals surface area contributed by atoms with Crippen molar-refractivity contribution >= 4 is 0 Å². The van der Waals surface area contributed by atoms with Crippen LogP contribution in [-0.4, -0.2) is 59.4 Å². The van der Waals surface area contributed by atoms with Gasteiger partial charge in [0.1, 0.15) is 5.75 Å². The molecule has 1 unspecified atom stereocenters. The van der Waals surface area contributed by atoms with Crippen molar-refractivity contribution in [1.29, 1.82) is 0 Å². The molecule has 1 saturated heterocycles. The van der Waals surface area contributed by atoms with E-state index in [1.54, 1.807) is 7.11 Å². The second-order valence-corrected chi connectivity index (χ2v) is 6.60. The molecule has 1 fully saturated rings. The lowest BCUT2D eigenvalue weighted by Gasteiger charge is -2.38. The first-order chi connectivity index (χ1) is 11.7. The van der Waals surface area contributed by atoms with Gasteiger partial charge in [-0.15, -0.1) is 0 Å². The second kappa shape index (κ2) is 7.81. The number of aryl methyl sites for hydroxylation is 1. The topological polar surface area (TPSA) is 33.5 Å². The molecule has 1 atom stereocenters. The van der Waals surface area contributed by atoms with E-state index in [2.05, 4.69) is 46.2 Å². The van der Waals surface area contributed by atoms with Crippen LogP contribution in [0, 0.1) is 0 Å². The summed E-state index contributed by atoms with van der Waals surface area (Å²) >= 11 is 0. The lowest BCUT2D eigenvalue weighted by atomic mass is 10.1. The maximum atomic E-state index is 5.35. The number of ether oxygens (including phenoxy) is 1. The van der Waals surface area contributed by atoms with Gasteiger partial charge in [-0.1, -0.05) is 12.1 Å². The van der Waals surface area contributed by atoms with Gasteiger partial charge in [-0.3, -0.25) is 9.58 Å². The van der Waals surface area contributed by atoms with Gasteiger partial charge in [-0.2, -0.15) is 5.10 Å². The van der Waals surface area contributed by atoms with Crippen molar-refractivity contribution in [1.82, 2.24) is 19.6 Å². The summed E-state index contributed by atoms with van der Waals surface area (Å²) in [6.07, 6.45) is 5.17. The molecule has 2 aromatic rings. The highest BCUT2D eigenvalue weighted by Gasteiger charge is 2.22. The molecule has 1 aliphatic heterocycles. The van der Waals surface area contributed by atoms with E-state index in [9.17, 15) is 0 Å². The zero-order valence-corrected chi connectivity index (χ0v) is 15.0. The molecule has 0 radical (unpaired) electrons. The van der Waals surface area contributed by atoms with E-state index in [1.165, 1.54) is 11.1 Å². The van der Waals surface area contributed by atoms with Crippen LogP contribution in [0.5, 0.6) is 5.75 Å². The Bertz CT molecular complexity index is 646. The minimum absolute atomic E-state index is 0.431. The molecule has 0 aliphatic carbocycles. The summed E-state index contributed by atoms with van der Waals surface area (Å²) in [6.45, 7) is 7.91. The van der Waals surface area contributed by atoms with Crippen LogP contribution in [0.2, 0.25) is 0 Å². The molecule has 0 spiro atoms. The lowest BCUT2D eigenvalue weighted by Crippen LogP contribution is -2.47. The molecular weight excluding hydrogens is 300 g/mol. The molecule has 0 N–H and O–H groups in total. The Hall–Kier alpha value is -1.85. The second-order valence-electron chi connectivity index (χ2n) is 6.60. The normalized spacial score (nSPS) is 17.8. The minimum Gasteiger partial charge on any atom is -0.497 e. The third kappa shape index (κ3) is 4.16. The van der Waals surface area contributed by atoms with Crippen LogP contribution in [0.15, 0.2) is 36.7 Å². The summed E-state index contributed by atoms with van der Waals surface area (Å²) in [4.78, 5) is 5.12. The molecule has 1 aromatic carbocycles. The Balaban J connectivity index is 1.49. The van der Waals surface area contributed by atoms with Crippen molar-refractivity contribution in [2.24, 2.45) is 7.05 Å². The molecule has 5 heteroatoms. The zero-order valence-electron chi connectivity index (χ0n) is 15.0. The predicted octanol–water partition coefficient (Wildman–Crippen LogP) is 2.35. The van der Waals surface area contributed by atoms with E-state index in [4.69, 9.17) is 4.74 Å². The standard InChI is InChI=1S/C19H28N4O/c1-16(18-5-4-6-19(13-18)24-3)23-11-9-22(10-12-23)8-7-17-14-20-21(2)15-17/h4-6,13-16H,7-12H2,1-3H3. The van der Waals surface area contributed by atoms with Gasteiger partial charge in [0, 0.05) is 52.0 Å². The van der Waals surface area contributed by atoms with Gasteiger partial charge < -0.3 is 9.64 Å². The Kier molecular flexibility index (Phi) is 5.53. The first-order valence-electron chi connectivity index (χ1n) is 8.73. The SMILES string of the molecule is COc1cccc(C(C)N2CCN(CCc3cnn(C)c3)CC2)c1. The van der Waals surface area contributed by atoms with Crippen LogP contribution < -0.4 is 4.74 Å². The Morgan fingerprint density at radius 1 is 1.21 bits per heavy atom. The summed E-state index contributed by atoms with van der Waals surface area (Å²) in [7, 11) is 3.70. The summed E-state index contributed by atoms with van der Waals surface area (Å²) < 4.78 is 7.23. The Labute approximate surface area is 144 Å². The van der Waals surface area contributed by atoms with E-state index in [1.807, 2.05) is 24.0 Å². The van der Waals surface area contributed by atoms with E-state index in [-0.39, 0.29) is 0 Å². The average Bonchev–Trinajstić information content (AvgIpc) is 3.05.